The molecule has 1 aliphatic rings. The first kappa shape index (κ1) is 9.70. The van der Waals surface area contributed by atoms with E-state index in [1.807, 2.05) is 0 Å². The van der Waals surface area contributed by atoms with Crippen molar-refractivity contribution in [3.05, 3.63) is 0 Å². The topological polar surface area (TPSA) is 91.7 Å². The average Bonchev–Trinajstić information content (AvgIpc) is 2.03. The Hall–Kier alpha value is -1.39. The second-order valence-corrected chi connectivity index (χ2v) is 3.17. The number of ketones is 1. The number of aliphatic carboxylic acids is 2. The van der Waals surface area contributed by atoms with Crippen LogP contribution in [0.1, 0.15) is 19.3 Å². The molecular weight excluding hydrogens is 176 g/mol. The van der Waals surface area contributed by atoms with Gasteiger partial charge >= 0.3 is 11.9 Å². The summed E-state index contributed by atoms with van der Waals surface area (Å²) in [7, 11) is 0. The van der Waals surface area contributed by atoms with Gasteiger partial charge in [-0.05, 0) is 6.42 Å². The van der Waals surface area contributed by atoms with Gasteiger partial charge in [-0.15, -0.1) is 0 Å². The molecule has 1 aliphatic carbocycles. The molecule has 0 amide bonds. The first-order valence-electron chi connectivity index (χ1n) is 3.99. The van der Waals surface area contributed by atoms with E-state index in [1.165, 1.54) is 0 Å². The molecule has 5 nitrogen and oxygen atoms in total. The molecule has 0 aliphatic heterocycles. The van der Waals surface area contributed by atoms with Crippen molar-refractivity contribution in [3.63, 3.8) is 0 Å². The van der Waals surface area contributed by atoms with Gasteiger partial charge in [0.05, 0.1) is 11.8 Å². The average molecular weight is 186 g/mol. The highest BCUT2D eigenvalue weighted by Crippen LogP contribution is 2.28. The zero-order valence-electron chi connectivity index (χ0n) is 6.90. The summed E-state index contributed by atoms with van der Waals surface area (Å²) in [5.41, 5.74) is 0. The van der Waals surface area contributed by atoms with Gasteiger partial charge in [-0.1, -0.05) is 0 Å². The molecule has 0 radical (unpaired) electrons. The van der Waals surface area contributed by atoms with Crippen molar-refractivity contribution in [2.45, 2.75) is 19.3 Å². The van der Waals surface area contributed by atoms with Crippen LogP contribution in [-0.4, -0.2) is 27.9 Å². The molecule has 0 heterocycles. The Morgan fingerprint density at radius 1 is 1.15 bits per heavy atom. The fraction of sp³-hybridized carbons (Fsp3) is 0.625. The minimum atomic E-state index is -1.19. The Bertz CT molecular complexity index is 257. The molecule has 5 heteroatoms. The molecule has 0 aromatic heterocycles. The maximum absolute atomic E-state index is 10.9. The molecule has 13 heavy (non-hydrogen) atoms. The van der Waals surface area contributed by atoms with Crippen LogP contribution in [-0.2, 0) is 14.4 Å². The largest absolute Gasteiger partial charge is 0.481 e. The fourth-order valence-electron chi connectivity index (χ4n) is 1.56. The van der Waals surface area contributed by atoms with Gasteiger partial charge in [-0.2, -0.15) is 0 Å². The first-order valence-corrected chi connectivity index (χ1v) is 3.99. The zero-order chi connectivity index (χ0) is 10.0. The highest BCUT2D eigenvalue weighted by molar-refractivity contribution is 5.89. The van der Waals surface area contributed by atoms with E-state index in [9.17, 15) is 14.4 Å². The van der Waals surface area contributed by atoms with E-state index in [0.717, 1.165) is 0 Å². The molecule has 0 aromatic carbocycles. The van der Waals surface area contributed by atoms with E-state index in [1.54, 1.807) is 0 Å². The molecule has 1 fully saturated rings. The lowest BCUT2D eigenvalue weighted by molar-refractivity contribution is -0.157. The molecule has 0 spiro atoms. The lowest BCUT2D eigenvalue weighted by Crippen LogP contribution is -2.35. The number of carboxylic acids is 2. The number of carboxylic acid groups (broad SMARTS) is 2. The van der Waals surface area contributed by atoms with Gasteiger partial charge in [0.2, 0.25) is 0 Å². The van der Waals surface area contributed by atoms with Crippen LogP contribution in [0.25, 0.3) is 0 Å². The van der Waals surface area contributed by atoms with Crippen molar-refractivity contribution >= 4 is 17.7 Å². The SMILES string of the molecule is O=C1CC[C@H](C(=O)O)[C@H](C(=O)O)C1. The molecule has 0 unspecified atom stereocenters. The lowest BCUT2D eigenvalue weighted by atomic mass is 9.79. The summed E-state index contributed by atoms with van der Waals surface area (Å²) in [5, 5.41) is 17.3. The summed E-state index contributed by atoms with van der Waals surface area (Å²) in [5.74, 6) is -4.43. The number of hydrogen-bond donors (Lipinski definition) is 2. The zero-order valence-corrected chi connectivity index (χ0v) is 6.90. The van der Waals surface area contributed by atoms with Crippen molar-refractivity contribution in [1.29, 1.82) is 0 Å². The Morgan fingerprint density at radius 3 is 2.15 bits per heavy atom. The van der Waals surface area contributed by atoms with Gasteiger partial charge in [-0.25, -0.2) is 0 Å². The Morgan fingerprint density at radius 2 is 1.69 bits per heavy atom. The third-order valence-corrected chi connectivity index (χ3v) is 2.30. The smallest absolute Gasteiger partial charge is 0.307 e. The van der Waals surface area contributed by atoms with E-state index in [-0.39, 0.29) is 25.0 Å². The maximum Gasteiger partial charge on any atom is 0.307 e. The van der Waals surface area contributed by atoms with Crippen LogP contribution in [0.15, 0.2) is 0 Å². The van der Waals surface area contributed by atoms with Crippen LogP contribution in [0.3, 0.4) is 0 Å². The first-order chi connectivity index (χ1) is 6.02. The minimum absolute atomic E-state index is 0.144. The number of Topliss-reactive ketones (excluding diaryl/α,β-unsaturated/α-hetero) is 1. The van der Waals surface area contributed by atoms with E-state index in [2.05, 4.69) is 0 Å². The Kier molecular flexibility index (Phi) is 2.65. The second-order valence-electron chi connectivity index (χ2n) is 3.17. The van der Waals surface area contributed by atoms with Crippen molar-refractivity contribution in [1.82, 2.24) is 0 Å². The van der Waals surface area contributed by atoms with E-state index >= 15 is 0 Å². The van der Waals surface area contributed by atoms with Gasteiger partial charge in [0.25, 0.3) is 0 Å². The van der Waals surface area contributed by atoms with Gasteiger partial charge < -0.3 is 10.2 Å². The summed E-state index contributed by atoms with van der Waals surface area (Å²) < 4.78 is 0. The molecule has 1 saturated carbocycles. The quantitative estimate of drug-likeness (QED) is 0.640. The van der Waals surface area contributed by atoms with Crippen molar-refractivity contribution in [2.24, 2.45) is 11.8 Å². The summed E-state index contributed by atoms with van der Waals surface area (Å²) in [6.45, 7) is 0. The highest BCUT2D eigenvalue weighted by Gasteiger charge is 2.38. The highest BCUT2D eigenvalue weighted by atomic mass is 16.4. The Balaban J connectivity index is 2.77. The molecule has 2 N–H and O–H groups in total. The molecule has 2 atom stereocenters. The van der Waals surface area contributed by atoms with E-state index < -0.39 is 23.8 Å². The van der Waals surface area contributed by atoms with Gasteiger partial charge in [0, 0.05) is 12.8 Å². The van der Waals surface area contributed by atoms with Crippen LogP contribution in [0.4, 0.5) is 0 Å². The molecule has 1 rings (SSSR count). The fourth-order valence-corrected chi connectivity index (χ4v) is 1.56. The number of carbonyl (C=O) groups is 3. The van der Waals surface area contributed by atoms with E-state index in [0.29, 0.717) is 0 Å². The Labute approximate surface area is 74.4 Å². The number of carbonyl (C=O) groups excluding carboxylic acids is 1. The standard InChI is InChI=1S/C8H10O5/c9-4-1-2-5(7(10)11)6(3-4)8(12)13/h5-6H,1-3H2,(H,10,11)(H,12,13)/t5-,6+/m0/s1. The monoisotopic (exact) mass is 186 g/mol. The van der Waals surface area contributed by atoms with Gasteiger partial charge in [0.1, 0.15) is 5.78 Å². The summed E-state index contributed by atoms with van der Waals surface area (Å²) in [6.07, 6.45) is 0.179. The van der Waals surface area contributed by atoms with Crippen LogP contribution >= 0.6 is 0 Å². The molecule has 0 saturated heterocycles. The second kappa shape index (κ2) is 3.55. The summed E-state index contributed by atoms with van der Waals surface area (Å²) in [4.78, 5) is 32.1. The molecule has 0 bridgehead atoms. The van der Waals surface area contributed by atoms with Gasteiger partial charge in [-0.3, -0.25) is 14.4 Å². The van der Waals surface area contributed by atoms with E-state index in [4.69, 9.17) is 10.2 Å². The summed E-state index contributed by atoms with van der Waals surface area (Å²) in [6, 6.07) is 0. The minimum Gasteiger partial charge on any atom is -0.481 e. The van der Waals surface area contributed by atoms with Crippen LogP contribution in [0.2, 0.25) is 0 Å². The number of hydrogen-bond acceptors (Lipinski definition) is 3. The normalized spacial score (nSPS) is 28.5. The van der Waals surface area contributed by atoms with Crippen LogP contribution < -0.4 is 0 Å². The molecular formula is C8H10O5. The summed E-state index contributed by atoms with van der Waals surface area (Å²) >= 11 is 0. The molecule has 0 aromatic rings. The maximum atomic E-state index is 10.9. The third-order valence-electron chi connectivity index (χ3n) is 2.30. The van der Waals surface area contributed by atoms with Crippen molar-refractivity contribution < 1.29 is 24.6 Å². The van der Waals surface area contributed by atoms with Crippen molar-refractivity contribution in [3.8, 4) is 0 Å². The van der Waals surface area contributed by atoms with Crippen LogP contribution in [0, 0.1) is 11.8 Å². The third kappa shape index (κ3) is 2.05. The van der Waals surface area contributed by atoms with Crippen molar-refractivity contribution in [2.75, 3.05) is 0 Å². The predicted molar refractivity (Wildman–Crippen MR) is 41.1 cm³/mol. The number of rotatable bonds is 2. The van der Waals surface area contributed by atoms with Gasteiger partial charge in [0.15, 0.2) is 0 Å². The molecule has 72 valence electrons. The lowest BCUT2D eigenvalue weighted by Gasteiger charge is -2.23. The van der Waals surface area contributed by atoms with Crippen LogP contribution in [0.5, 0.6) is 0 Å². The predicted octanol–water partition coefficient (Wildman–Crippen LogP) is 0.141.